The van der Waals surface area contributed by atoms with Crippen molar-refractivity contribution in [2.75, 3.05) is 25.0 Å². The zero-order valence-corrected chi connectivity index (χ0v) is 18.4. The van der Waals surface area contributed by atoms with E-state index in [9.17, 15) is 13.2 Å². The summed E-state index contributed by atoms with van der Waals surface area (Å²) in [5.41, 5.74) is 1.76. The molecule has 0 aliphatic carbocycles. The summed E-state index contributed by atoms with van der Waals surface area (Å²) in [7, 11) is -3.73. The Labute approximate surface area is 181 Å². The lowest BCUT2D eigenvalue weighted by Gasteiger charge is -2.26. The van der Waals surface area contributed by atoms with E-state index in [0.717, 1.165) is 38.8 Å². The lowest BCUT2D eigenvalue weighted by molar-refractivity contribution is -0.117. The van der Waals surface area contributed by atoms with Crippen molar-refractivity contribution in [2.45, 2.75) is 43.5 Å². The van der Waals surface area contributed by atoms with Crippen LogP contribution in [0.4, 0.5) is 5.69 Å². The van der Waals surface area contributed by atoms with E-state index in [4.69, 9.17) is 0 Å². The fourth-order valence-corrected chi connectivity index (χ4v) is 5.78. The van der Waals surface area contributed by atoms with Crippen LogP contribution in [0.2, 0.25) is 0 Å². The van der Waals surface area contributed by atoms with Crippen molar-refractivity contribution in [2.24, 2.45) is 4.99 Å². The molecule has 3 heterocycles. The molecule has 1 aromatic heterocycles. The van der Waals surface area contributed by atoms with Crippen molar-refractivity contribution >= 4 is 38.8 Å². The highest BCUT2D eigenvalue weighted by molar-refractivity contribution is 7.90. The zero-order valence-electron chi connectivity index (χ0n) is 16.8. The normalized spacial score (nSPS) is 17.5. The van der Waals surface area contributed by atoms with E-state index >= 15 is 0 Å². The summed E-state index contributed by atoms with van der Waals surface area (Å²) in [6, 6.07) is 8.47. The van der Waals surface area contributed by atoms with Gasteiger partial charge in [-0.15, -0.1) is 11.3 Å². The minimum atomic E-state index is -3.73. The van der Waals surface area contributed by atoms with Gasteiger partial charge in [-0.1, -0.05) is 12.5 Å². The van der Waals surface area contributed by atoms with Crippen LogP contribution < -0.4 is 10.0 Å². The molecular weight excluding hydrogens is 420 g/mol. The largest absolute Gasteiger partial charge is 0.325 e. The Kier molecular flexibility index (Phi) is 6.50. The standard InChI is InChI=1S/C21H26N4O3S2/c26-21(15-25-11-8-19-16(14-25)9-12-29-19)23-17-5-4-6-18(13-17)30(27,28)24-20-7-2-1-3-10-22-20/h4-6,9,12-13H,1-3,7-8,10-11,14-15H2,(H,22,24)(H,23,26). The van der Waals surface area contributed by atoms with E-state index in [1.807, 2.05) is 0 Å². The van der Waals surface area contributed by atoms with Crippen molar-refractivity contribution in [3.63, 3.8) is 0 Å². The van der Waals surface area contributed by atoms with Gasteiger partial charge in [0, 0.05) is 36.6 Å². The molecule has 0 unspecified atom stereocenters. The molecule has 160 valence electrons. The summed E-state index contributed by atoms with van der Waals surface area (Å²) in [6.45, 7) is 2.55. The molecule has 4 rings (SSSR count). The molecule has 0 radical (unpaired) electrons. The summed E-state index contributed by atoms with van der Waals surface area (Å²) in [6.07, 6.45) is 4.57. The third kappa shape index (κ3) is 5.27. The molecule has 2 aromatic rings. The fraction of sp³-hybridized carbons (Fsp3) is 0.429. The second kappa shape index (κ2) is 9.28. The Morgan fingerprint density at radius 2 is 2.07 bits per heavy atom. The SMILES string of the molecule is O=C(CN1CCc2sccc2C1)Nc1cccc(S(=O)(=O)NC2=NCCCCC2)c1. The Hall–Kier alpha value is -2.23. The number of aliphatic imine (C=N–C) groups is 1. The molecule has 1 amide bonds. The van der Waals surface area contributed by atoms with Gasteiger partial charge in [0.1, 0.15) is 5.84 Å². The maximum absolute atomic E-state index is 12.7. The van der Waals surface area contributed by atoms with Crippen LogP contribution in [0.3, 0.4) is 0 Å². The smallest absolute Gasteiger partial charge is 0.262 e. The van der Waals surface area contributed by atoms with E-state index in [2.05, 4.69) is 31.4 Å². The maximum Gasteiger partial charge on any atom is 0.262 e. The number of fused-ring (bicyclic) bond motifs is 1. The highest BCUT2D eigenvalue weighted by Crippen LogP contribution is 2.24. The lowest BCUT2D eigenvalue weighted by atomic mass is 10.1. The van der Waals surface area contributed by atoms with Crippen molar-refractivity contribution in [3.05, 3.63) is 46.2 Å². The first-order chi connectivity index (χ1) is 14.5. The summed E-state index contributed by atoms with van der Waals surface area (Å²) in [4.78, 5) is 20.5. The number of hydrogen-bond donors (Lipinski definition) is 2. The number of anilines is 1. The van der Waals surface area contributed by atoms with Gasteiger partial charge in [0.2, 0.25) is 5.91 Å². The van der Waals surface area contributed by atoms with Crippen LogP contribution in [0, 0.1) is 0 Å². The molecule has 2 aliphatic rings. The van der Waals surface area contributed by atoms with Crippen molar-refractivity contribution < 1.29 is 13.2 Å². The highest BCUT2D eigenvalue weighted by atomic mass is 32.2. The van der Waals surface area contributed by atoms with Crippen LogP contribution in [0.1, 0.15) is 36.1 Å². The van der Waals surface area contributed by atoms with E-state index in [1.54, 1.807) is 23.5 Å². The van der Waals surface area contributed by atoms with Gasteiger partial charge < -0.3 is 5.32 Å². The summed E-state index contributed by atoms with van der Waals surface area (Å²) < 4.78 is 28.1. The van der Waals surface area contributed by atoms with Crippen LogP contribution in [0.25, 0.3) is 0 Å². The van der Waals surface area contributed by atoms with Crippen LogP contribution in [0.15, 0.2) is 45.6 Å². The molecule has 0 spiro atoms. The van der Waals surface area contributed by atoms with Gasteiger partial charge in [-0.25, -0.2) is 8.42 Å². The molecule has 9 heteroatoms. The monoisotopic (exact) mass is 446 g/mol. The number of amides is 1. The summed E-state index contributed by atoms with van der Waals surface area (Å²) >= 11 is 1.77. The van der Waals surface area contributed by atoms with E-state index < -0.39 is 10.0 Å². The Morgan fingerprint density at radius 1 is 1.17 bits per heavy atom. The molecule has 7 nitrogen and oxygen atoms in total. The molecular formula is C21H26N4O3S2. The Balaban J connectivity index is 1.38. The second-order valence-electron chi connectivity index (χ2n) is 7.65. The number of sulfonamides is 1. The fourth-order valence-electron chi connectivity index (χ4n) is 3.76. The molecule has 0 saturated heterocycles. The topological polar surface area (TPSA) is 90.9 Å². The van der Waals surface area contributed by atoms with Crippen LogP contribution in [-0.4, -0.2) is 44.7 Å². The van der Waals surface area contributed by atoms with Gasteiger partial charge in [-0.05, 0) is 54.5 Å². The van der Waals surface area contributed by atoms with Gasteiger partial charge in [0.25, 0.3) is 10.0 Å². The van der Waals surface area contributed by atoms with E-state index in [0.29, 0.717) is 24.5 Å². The first kappa shape index (κ1) is 21.0. The number of carbonyl (C=O) groups is 1. The first-order valence-corrected chi connectivity index (χ1v) is 12.6. The van der Waals surface area contributed by atoms with Crippen molar-refractivity contribution in [1.29, 1.82) is 0 Å². The molecule has 0 saturated carbocycles. The highest BCUT2D eigenvalue weighted by Gasteiger charge is 2.20. The molecule has 30 heavy (non-hydrogen) atoms. The molecule has 0 fully saturated rings. The number of rotatable bonds is 5. The average molecular weight is 447 g/mol. The number of thiophene rings is 1. The van der Waals surface area contributed by atoms with Gasteiger partial charge in [-0.3, -0.25) is 19.4 Å². The van der Waals surface area contributed by atoms with E-state index in [1.165, 1.54) is 22.6 Å². The number of nitrogens with zero attached hydrogens (tertiary/aromatic N) is 2. The molecule has 0 bridgehead atoms. The van der Waals surface area contributed by atoms with Crippen LogP contribution in [0.5, 0.6) is 0 Å². The van der Waals surface area contributed by atoms with Gasteiger partial charge in [-0.2, -0.15) is 0 Å². The predicted octanol–water partition coefficient (Wildman–Crippen LogP) is 3.00. The third-order valence-electron chi connectivity index (χ3n) is 5.31. The number of carbonyl (C=O) groups excluding carboxylic acids is 1. The Bertz CT molecular complexity index is 1050. The molecule has 1 aromatic carbocycles. The number of benzene rings is 1. The molecule has 2 aliphatic heterocycles. The van der Waals surface area contributed by atoms with Crippen LogP contribution in [-0.2, 0) is 27.8 Å². The third-order valence-corrected chi connectivity index (χ3v) is 7.71. The van der Waals surface area contributed by atoms with E-state index in [-0.39, 0.29) is 17.3 Å². The van der Waals surface area contributed by atoms with Gasteiger partial charge >= 0.3 is 0 Å². The van der Waals surface area contributed by atoms with Gasteiger partial charge in [0.15, 0.2) is 0 Å². The van der Waals surface area contributed by atoms with Gasteiger partial charge in [0.05, 0.1) is 11.4 Å². The number of nitrogens with one attached hydrogen (secondary N) is 2. The van der Waals surface area contributed by atoms with Crippen LogP contribution >= 0.6 is 11.3 Å². The maximum atomic E-state index is 12.7. The van der Waals surface area contributed by atoms with Crippen molar-refractivity contribution in [3.8, 4) is 0 Å². The first-order valence-electron chi connectivity index (χ1n) is 10.2. The Morgan fingerprint density at radius 3 is 2.97 bits per heavy atom. The van der Waals surface area contributed by atoms with Crippen molar-refractivity contribution in [1.82, 2.24) is 9.62 Å². The minimum Gasteiger partial charge on any atom is -0.325 e. The number of hydrogen-bond acceptors (Lipinski definition) is 6. The quantitative estimate of drug-likeness (QED) is 0.739. The average Bonchev–Trinajstić information content (AvgIpc) is 3.03. The summed E-state index contributed by atoms with van der Waals surface area (Å²) in [5.74, 6) is 0.365. The molecule has 2 N–H and O–H groups in total. The number of amidine groups is 1. The lowest BCUT2D eigenvalue weighted by Crippen LogP contribution is -2.36. The second-order valence-corrected chi connectivity index (χ2v) is 10.3. The zero-order chi connectivity index (χ0) is 21.0. The summed E-state index contributed by atoms with van der Waals surface area (Å²) in [5, 5.41) is 4.92. The molecule has 0 atom stereocenters. The minimum absolute atomic E-state index is 0.119. The predicted molar refractivity (Wildman–Crippen MR) is 119 cm³/mol.